The lowest BCUT2D eigenvalue weighted by molar-refractivity contribution is 0.638. The minimum Gasteiger partial charge on any atom is -0.298 e. The van der Waals surface area contributed by atoms with E-state index in [1.54, 1.807) is 12.4 Å². The molecule has 0 atom stereocenters. The molecule has 0 saturated heterocycles. The first-order valence-corrected chi connectivity index (χ1v) is 9.67. The van der Waals surface area contributed by atoms with Crippen LogP contribution in [0.1, 0.15) is 11.4 Å². The van der Waals surface area contributed by atoms with Gasteiger partial charge in [-0.2, -0.15) is 0 Å². The van der Waals surface area contributed by atoms with E-state index >= 15 is 0 Å². The van der Waals surface area contributed by atoms with Gasteiger partial charge in [-0.25, -0.2) is 9.98 Å². The fourth-order valence-corrected chi connectivity index (χ4v) is 3.78. The molecule has 0 aliphatic carbocycles. The summed E-state index contributed by atoms with van der Waals surface area (Å²) in [5.41, 5.74) is 5.19. The lowest BCUT2D eigenvalue weighted by Gasteiger charge is -2.36. The number of aromatic nitrogens is 2. The van der Waals surface area contributed by atoms with Crippen molar-refractivity contribution < 1.29 is 0 Å². The molecule has 2 aromatic heterocycles. The number of pyridine rings is 2. The highest BCUT2D eigenvalue weighted by Crippen LogP contribution is 2.38. The van der Waals surface area contributed by atoms with Gasteiger partial charge in [0.05, 0.1) is 11.4 Å². The number of fused-ring (bicyclic) bond motifs is 3. The molecule has 0 bridgehead atoms. The molecule has 6 heteroatoms. The van der Waals surface area contributed by atoms with Crippen molar-refractivity contribution >= 4 is 11.7 Å². The zero-order valence-electron chi connectivity index (χ0n) is 15.9. The van der Waals surface area contributed by atoms with Crippen LogP contribution in [0.2, 0.25) is 0 Å². The first-order valence-electron chi connectivity index (χ1n) is 9.67. The molecule has 4 aliphatic rings. The fourth-order valence-electron chi connectivity index (χ4n) is 3.78. The van der Waals surface area contributed by atoms with E-state index in [-0.39, 0.29) is 0 Å². The number of hydrogen-bond acceptors (Lipinski definition) is 6. The lowest BCUT2D eigenvalue weighted by atomic mass is 10.0. The van der Waals surface area contributed by atoms with Gasteiger partial charge >= 0.3 is 0 Å². The minimum atomic E-state index is 0.775. The second-order valence-electron chi connectivity index (χ2n) is 6.91. The third-order valence-corrected chi connectivity index (χ3v) is 5.11. The Morgan fingerprint density at radius 1 is 0.567 bits per heavy atom. The normalized spacial score (nSPS) is 18.8. The predicted molar refractivity (Wildman–Crippen MR) is 116 cm³/mol. The van der Waals surface area contributed by atoms with E-state index in [0.717, 1.165) is 45.8 Å². The molecule has 6 rings (SSSR count). The van der Waals surface area contributed by atoms with Gasteiger partial charge in [-0.3, -0.25) is 19.8 Å². The summed E-state index contributed by atoms with van der Waals surface area (Å²) in [5.74, 6) is 1.55. The van der Waals surface area contributed by atoms with E-state index in [0.29, 0.717) is 0 Å². The lowest BCUT2D eigenvalue weighted by Crippen LogP contribution is -2.37. The molecule has 30 heavy (non-hydrogen) atoms. The van der Waals surface area contributed by atoms with Crippen molar-refractivity contribution in [3.8, 4) is 0 Å². The van der Waals surface area contributed by atoms with Crippen molar-refractivity contribution in [2.24, 2.45) is 9.98 Å². The summed E-state index contributed by atoms with van der Waals surface area (Å²) in [6.07, 6.45) is 19.7. The van der Waals surface area contributed by atoms with Crippen molar-refractivity contribution in [3.63, 3.8) is 0 Å². The van der Waals surface area contributed by atoms with Gasteiger partial charge in [0.1, 0.15) is 22.8 Å². The second kappa shape index (κ2) is 6.63. The number of allylic oxidation sites excluding steroid dienone is 6. The Morgan fingerprint density at radius 3 is 1.50 bits per heavy atom. The van der Waals surface area contributed by atoms with Crippen LogP contribution in [0.4, 0.5) is 0 Å². The Kier molecular flexibility index (Phi) is 3.67. The summed E-state index contributed by atoms with van der Waals surface area (Å²) >= 11 is 0. The molecule has 0 N–H and O–H groups in total. The maximum atomic E-state index is 5.03. The van der Waals surface area contributed by atoms with Crippen LogP contribution in [0, 0.1) is 0 Å². The number of rotatable bonds is 2. The third kappa shape index (κ3) is 2.51. The van der Waals surface area contributed by atoms with Crippen molar-refractivity contribution in [1.82, 2.24) is 19.8 Å². The highest BCUT2D eigenvalue weighted by molar-refractivity contribution is 6.05. The summed E-state index contributed by atoms with van der Waals surface area (Å²) in [4.78, 5) is 23.2. The Balaban J connectivity index is 1.61. The van der Waals surface area contributed by atoms with Crippen molar-refractivity contribution in [3.05, 3.63) is 132 Å². The van der Waals surface area contributed by atoms with Crippen molar-refractivity contribution in [1.29, 1.82) is 0 Å². The average molecular weight is 388 g/mol. The van der Waals surface area contributed by atoms with Crippen LogP contribution in [-0.2, 0) is 0 Å². The smallest absolute Gasteiger partial charge is 0.164 e. The van der Waals surface area contributed by atoms with E-state index in [1.165, 1.54) is 0 Å². The summed E-state index contributed by atoms with van der Waals surface area (Å²) in [7, 11) is 0. The Labute approximate surface area is 173 Å². The molecule has 0 aromatic carbocycles. The van der Waals surface area contributed by atoms with Gasteiger partial charge in [0.15, 0.2) is 11.7 Å². The quantitative estimate of drug-likeness (QED) is 0.783. The summed E-state index contributed by atoms with van der Waals surface area (Å²) in [6, 6.07) is 11.7. The van der Waals surface area contributed by atoms with Gasteiger partial charge in [-0.1, -0.05) is 24.3 Å². The van der Waals surface area contributed by atoms with Crippen molar-refractivity contribution in [2.75, 3.05) is 0 Å². The zero-order valence-corrected chi connectivity index (χ0v) is 15.9. The molecule has 0 saturated carbocycles. The number of nitrogens with zero attached hydrogens (tertiary/aromatic N) is 6. The molecular formula is C24H16N6. The van der Waals surface area contributed by atoms with E-state index in [4.69, 9.17) is 9.98 Å². The first kappa shape index (κ1) is 16.6. The minimum absolute atomic E-state index is 0.775. The first-order chi connectivity index (χ1) is 14.9. The van der Waals surface area contributed by atoms with Crippen LogP contribution < -0.4 is 0 Å². The highest BCUT2D eigenvalue weighted by atomic mass is 15.3. The standard InChI is InChI=1S/C24H16N6/c1-5-13-25-17(9-1)23-27-21-20-12-4-8-16-30(20)24(18-10-2-6-14-26-18)28-22(21)19-11-3-7-15-29(19)23/h1-16H. The SMILES string of the molecule is C1=CC2=C3N=C(c4ccccn4)N4C=CC=CC4=C3N=C(c3ccccn3)N2C=C1. The maximum absolute atomic E-state index is 5.03. The third-order valence-electron chi connectivity index (χ3n) is 5.11. The average Bonchev–Trinajstić information content (AvgIpc) is 2.84. The summed E-state index contributed by atoms with van der Waals surface area (Å²) in [5, 5.41) is 0. The van der Waals surface area contributed by atoms with Crippen LogP contribution in [-0.4, -0.2) is 31.4 Å². The van der Waals surface area contributed by atoms with Gasteiger partial charge in [0.25, 0.3) is 0 Å². The van der Waals surface area contributed by atoms with Crippen LogP contribution in [0.15, 0.2) is 130 Å². The molecule has 0 radical (unpaired) electrons. The van der Waals surface area contributed by atoms with Gasteiger partial charge < -0.3 is 0 Å². The summed E-state index contributed by atoms with van der Waals surface area (Å²) in [6.45, 7) is 0. The van der Waals surface area contributed by atoms with Crippen LogP contribution in [0.5, 0.6) is 0 Å². The topological polar surface area (TPSA) is 57.0 Å². The summed E-state index contributed by atoms with van der Waals surface area (Å²) < 4.78 is 0. The van der Waals surface area contributed by atoms with E-state index in [1.807, 2.05) is 82.9 Å². The molecule has 0 amide bonds. The Bertz CT molecular complexity index is 1170. The molecule has 4 aliphatic heterocycles. The molecule has 2 aromatic rings. The number of hydrogen-bond donors (Lipinski definition) is 0. The monoisotopic (exact) mass is 388 g/mol. The maximum Gasteiger partial charge on any atom is 0.164 e. The van der Waals surface area contributed by atoms with Crippen LogP contribution in [0.25, 0.3) is 0 Å². The van der Waals surface area contributed by atoms with Crippen molar-refractivity contribution in [2.45, 2.75) is 0 Å². The number of amidine groups is 2. The second-order valence-corrected chi connectivity index (χ2v) is 6.91. The predicted octanol–water partition coefficient (Wildman–Crippen LogP) is 3.89. The molecule has 6 nitrogen and oxygen atoms in total. The Morgan fingerprint density at radius 2 is 1.07 bits per heavy atom. The zero-order chi connectivity index (χ0) is 19.9. The molecule has 6 heterocycles. The van der Waals surface area contributed by atoms with Gasteiger partial charge in [0, 0.05) is 24.8 Å². The van der Waals surface area contributed by atoms with E-state index < -0.39 is 0 Å². The molecular weight excluding hydrogens is 372 g/mol. The highest BCUT2D eigenvalue weighted by Gasteiger charge is 2.34. The fraction of sp³-hybridized carbons (Fsp3) is 0. The largest absolute Gasteiger partial charge is 0.298 e. The molecule has 0 fully saturated rings. The van der Waals surface area contributed by atoms with Gasteiger partial charge in [0.2, 0.25) is 0 Å². The molecule has 0 unspecified atom stereocenters. The van der Waals surface area contributed by atoms with E-state index in [9.17, 15) is 0 Å². The van der Waals surface area contributed by atoms with Gasteiger partial charge in [-0.05, 0) is 48.6 Å². The molecule has 0 spiro atoms. The molecule has 142 valence electrons. The van der Waals surface area contributed by atoms with E-state index in [2.05, 4.69) is 22.1 Å². The van der Waals surface area contributed by atoms with Crippen LogP contribution in [0.3, 0.4) is 0 Å². The van der Waals surface area contributed by atoms with Gasteiger partial charge in [-0.15, -0.1) is 0 Å². The number of aliphatic imine (C=N–C) groups is 2. The Hall–Kier alpha value is -4.32. The van der Waals surface area contributed by atoms with Crippen LogP contribution >= 0.6 is 0 Å².